The van der Waals surface area contributed by atoms with Crippen molar-refractivity contribution in [3.05, 3.63) is 30.5 Å². The first-order chi connectivity index (χ1) is 10.1. The van der Waals surface area contributed by atoms with Crippen LogP contribution in [0.3, 0.4) is 0 Å². The van der Waals surface area contributed by atoms with Gasteiger partial charge >= 0.3 is 0 Å². The number of anilines is 1. The molecule has 0 saturated carbocycles. The van der Waals surface area contributed by atoms with Gasteiger partial charge in [-0.05, 0) is 18.2 Å². The molecule has 10 nitrogen and oxygen atoms in total. The summed E-state index contributed by atoms with van der Waals surface area (Å²) in [5.41, 5.74) is 4.35. The van der Waals surface area contributed by atoms with Gasteiger partial charge in [0.2, 0.25) is 5.97 Å². The third-order valence-electron chi connectivity index (χ3n) is 2.27. The summed E-state index contributed by atoms with van der Waals surface area (Å²) in [7, 11) is -9.49. The third-order valence-corrected chi connectivity index (χ3v) is 3.93. The van der Waals surface area contributed by atoms with Crippen molar-refractivity contribution in [2.75, 3.05) is 5.43 Å². The van der Waals surface area contributed by atoms with E-state index in [4.69, 9.17) is 9.11 Å². The summed E-state index contributed by atoms with van der Waals surface area (Å²) < 4.78 is 75.4. The summed E-state index contributed by atoms with van der Waals surface area (Å²) in [4.78, 5) is -1.60. The van der Waals surface area contributed by atoms with Crippen molar-refractivity contribution in [2.24, 2.45) is 5.10 Å². The van der Waals surface area contributed by atoms with Gasteiger partial charge in [0.15, 0.2) is 0 Å². The van der Waals surface area contributed by atoms with Gasteiger partial charge in [-0.2, -0.15) is 21.2 Å². The molecule has 0 atom stereocenters. The predicted octanol–water partition coefficient (Wildman–Crippen LogP) is -0.0730. The fourth-order valence-electron chi connectivity index (χ4n) is 1.41. The Kier molecular flexibility index (Phi) is 4.06. The number of hydrogen-bond donors (Lipinski definition) is 4. The molecule has 1 aromatic carbocycles. The van der Waals surface area contributed by atoms with E-state index in [-0.39, 0.29) is 5.69 Å². The van der Waals surface area contributed by atoms with Crippen LogP contribution in [-0.4, -0.2) is 37.1 Å². The number of hydrazine groups is 2. The monoisotopic (exact) mass is 351 g/mol. The quantitative estimate of drug-likeness (QED) is 0.547. The van der Waals surface area contributed by atoms with E-state index in [1.165, 1.54) is 0 Å². The summed E-state index contributed by atoms with van der Waals surface area (Å²) in [5, 5.41) is 3.94. The van der Waals surface area contributed by atoms with Gasteiger partial charge < -0.3 is 0 Å². The van der Waals surface area contributed by atoms with Gasteiger partial charge in [-0.1, -0.05) is 0 Å². The van der Waals surface area contributed by atoms with Crippen LogP contribution in [0.1, 0.15) is 0 Å². The highest BCUT2D eigenvalue weighted by atomic mass is 32.2. The lowest BCUT2D eigenvalue weighted by Crippen LogP contribution is -2.37. The average Bonchev–Trinajstić information content (AvgIpc) is 2.36. The first-order valence-electron chi connectivity index (χ1n) is 5.31. The molecule has 119 valence electrons. The van der Waals surface area contributed by atoms with E-state index in [1.807, 2.05) is 0 Å². The maximum atomic E-state index is 12.9. The standard InChI is InChI=1S/C9H8FN4O6S2/c10-9-1-2-11-14(13-9)12-6-3-7(21(15,16)17)5-8(4-6)22(18,19)20/h1,3-5,11-12H,(H,15,16,17)(H,18,19,20). The minimum Gasteiger partial charge on any atom is -0.282 e. The molecule has 1 heterocycles. The lowest BCUT2D eigenvalue weighted by Gasteiger charge is -2.21. The molecule has 0 aromatic heterocycles. The highest BCUT2D eigenvalue weighted by Crippen LogP contribution is 2.22. The zero-order chi connectivity index (χ0) is 16.5. The van der Waals surface area contributed by atoms with Crippen LogP contribution < -0.4 is 10.9 Å². The largest absolute Gasteiger partial charge is 0.294 e. The van der Waals surface area contributed by atoms with E-state index in [0.29, 0.717) is 11.3 Å². The average molecular weight is 351 g/mol. The van der Waals surface area contributed by atoms with Crippen molar-refractivity contribution < 1.29 is 30.3 Å². The summed E-state index contributed by atoms with van der Waals surface area (Å²) >= 11 is 0. The minimum absolute atomic E-state index is 0.226. The second kappa shape index (κ2) is 5.53. The van der Waals surface area contributed by atoms with E-state index in [9.17, 15) is 21.2 Å². The molecule has 1 aliphatic rings. The summed E-state index contributed by atoms with van der Waals surface area (Å²) in [6.07, 6.45) is 3.11. The lowest BCUT2D eigenvalue weighted by atomic mass is 10.3. The molecule has 0 fully saturated rings. The fourth-order valence-corrected chi connectivity index (χ4v) is 2.59. The molecular weight excluding hydrogens is 343 g/mol. The van der Waals surface area contributed by atoms with E-state index in [2.05, 4.69) is 22.2 Å². The zero-order valence-corrected chi connectivity index (χ0v) is 12.1. The van der Waals surface area contributed by atoms with Crippen LogP contribution in [0.5, 0.6) is 0 Å². The molecule has 1 radical (unpaired) electrons. The smallest absolute Gasteiger partial charge is 0.282 e. The first kappa shape index (κ1) is 16.2. The summed E-state index contributed by atoms with van der Waals surface area (Å²) in [6, 6.07) is 2.24. The minimum atomic E-state index is -4.75. The van der Waals surface area contributed by atoms with Gasteiger partial charge in [-0.15, -0.1) is 10.3 Å². The van der Waals surface area contributed by atoms with Crippen LogP contribution >= 0.6 is 0 Å². The maximum Gasteiger partial charge on any atom is 0.294 e. The third kappa shape index (κ3) is 3.91. The number of nitrogens with zero attached hydrogens (tertiary/aromatic N) is 2. The lowest BCUT2D eigenvalue weighted by molar-refractivity contribution is 0.271. The number of hydrazone groups is 1. The number of hydrogen-bond acceptors (Lipinski definition) is 8. The fraction of sp³-hybridized carbons (Fsp3) is 0. The van der Waals surface area contributed by atoms with Crippen LogP contribution in [0.15, 0.2) is 39.2 Å². The summed E-state index contributed by atoms with van der Waals surface area (Å²) in [5.74, 6) is -0.938. The number of rotatable bonds is 4. The van der Waals surface area contributed by atoms with Gasteiger partial charge in [-0.25, -0.2) is 0 Å². The molecule has 0 spiro atoms. The number of benzene rings is 1. The van der Waals surface area contributed by atoms with Gasteiger partial charge in [-0.3, -0.25) is 20.0 Å². The molecule has 13 heteroatoms. The van der Waals surface area contributed by atoms with Crippen LogP contribution in [0.2, 0.25) is 0 Å². The Bertz CT molecular complexity index is 814. The molecule has 1 aliphatic heterocycles. The Morgan fingerprint density at radius 2 is 1.68 bits per heavy atom. The Hall–Kier alpha value is -2.22. The predicted molar refractivity (Wildman–Crippen MR) is 71.0 cm³/mol. The van der Waals surface area contributed by atoms with Crippen LogP contribution in [-0.2, 0) is 20.2 Å². The molecule has 0 bridgehead atoms. The van der Waals surface area contributed by atoms with Crippen molar-refractivity contribution in [3.8, 4) is 0 Å². The van der Waals surface area contributed by atoms with Crippen molar-refractivity contribution in [3.63, 3.8) is 0 Å². The normalized spacial score (nSPS) is 15.2. The van der Waals surface area contributed by atoms with E-state index < -0.39 is 36.0 Å². The molecule has 0 amide bonds. The molecule has 22 heavy (non-hydrogen) atoms. The van der Waals surface area contributed by atoms with Gasteiger partial charge in [0, 0.05) is 6.08 Å². The second-order valence-corrected chi connectivity index (χ2v) is 6.73. The molecule has 1 aromatic rings. The maximum absolute atomic E-state index is 12.9. The van der Waals surface area contributed by atoms with E-state index in [0.717, 1.165) is 18.2 Å². The van der Waals surface area contributed by atoms with Gasteiger partial charge in [0.05, 0.1) is 21.7 Å². The van der Waals surface area contributed by atoms with Gasteiger partial charge in [0.25, 0.3) is 20.2 Å². The highest BCUT2D eigenvalue weighted by Gasteiger charge is 2.19. The van der Waals surface area contributed by atoms with Gasteiger partial charge in [0.1, 0.15) is 0 Å². The molecule has 0 saturated heterocycles. The zero-order valence-electron chi connectivity index (χ0n) is 10.4. The molecule has 0 unspecified atom stereocenters. The van der Waals surface area contributed by atoms with Crippen molar-refractivity contribution in [2.45, 2.75) is 9.79 Å². The van der Waals surface area contributed by atoms with Crippen molar-refractivity contribution >= 4 is 31.9 Å². The Morgan fingerprint density at radius 3 is 2.14 bits per heavy atom. The Balaban J connectivity index is 2.45. The second-order valence-electron chi connectivity index (χ2n) is 3.89. The van der Waals surface area contributed by atoms with Crippen LogP contribution in [0, 0.1) is 6.20 Å². The molecule has 2 rings (SSSR count). The van der Waals surface area contributed by atoms with Crippen molar-refractivity contribution in [1.29, 1.82) is 0 Å². The number of halogens is 1. The SMILES string of the molecule is O=S(=O)(O)c1cc(NN2N=C(F)C=[C]N2)cc(S(=O)(=O)O)c1. The number of allylic oxidation sites excluding steroid dienone is 1. The first-order valence-corrected chi connectivity index (χ1v) is 8.19. The van der Waals surface area contributed by atoms with E-state index >= 15 is 0 Å². The molecular formula is C9H8FN4O6S2. The number of nitrogens with one attached hydrogen (secondary N) is 2. The van der Waals surface area contributed by atoms with E-state index in [1.54, 1.807) is 0 Å². The topological polar surface area (TPSA) is 148 Å². The highest BCUT2D eigenvalue weighted by molar-refractivity contribution is 7.86. The molecule has 4 N–H and O–H groups in total. The van der Waals surface area contributed by atoms with Crippen LogP contribution in [0.25, 0.3) is 0 Å². The van der Waals surface area contributed by atoms with Crippen molar-refractivity contribution in [1.82, 2.24) is 10.7 Å². The molecule has 0 aliphatic carbocycles. The van der Waals surface area contributed by atoms with Crippen LogP contribution in [0.4, 0.5) is 10.1 Å². The Morgan fingerprint density at radius 1 is 1.14 bits per heavy atom. The Labute approximate surface area is 124 Å². The summed E-state index contributed by atoms with van der Waals surface area (Å²) in [6.45, 7) is 0.